The Kier molecular flexibility index (Phi) is 5.47. The summed E-state index contributed by atoms with van der Waals surface area (Å²) in [6.45, 7) is 16.3. The first-order valence-corrected chi connectivity index (χ1v) is 9.82. The Labute approximate surface area is 138 Å². The van der Waals surface area contributed by atoms with E-state index in [0.29, 0.717) is 5.41 Å². The normalized spacial score (nSPS) is 29.5. The summed E-state index contributed by atoms with van der Waals surface area (Å²) < 4.78 is 0. The molecule has 3 heterocycles. The first kappa shape index (κ1) is 16.7. The highest BCUT2D eigenvalue weighted by Gasteiger charge is 2.39. The first-order valence-electron chi connectivity index (χ1n) is 9.82. The molecule has 0 unspecified atom stereocenters. The van der Waals surface area contributed by atoms with E-state index in [1.165, 1.54) is 84.3 Å². The molecule has 0 aromatic heterocycles. The standard InChI is InChI=1S/C19H37N3/c1-4-20-13-7-19(8-14-20)9-15-22(16-10-19)18-5-11-21(12-6-18)17(2)3/h17-18H,4-16H2,1-3H3. The highest BCUT2D eigenvalue weighted by Crippen LogP contribution is 2.42. The van der Waals surface area contributed by atoms with Gasteiger partial charge in [0.1, 0.15) is 0 Å². The van der Waals surface area contributed by atoms with Crippen LogP contribution in [0.2, 0.25) is 0 Å². The fourth-order valence-electron chi connectivity index (χ4n) is 4.97. The van der Waals surface area contributed by atoms with Gasteiger partial charge in [0.15, 0.2) is 0 Å². The topological polar surface area (TPSA) is 9.72 Å². The minimum absolute atomic E-state index is 0.709. The van der Waals surface area contributed by atoms with E-state index >= 15 is 0 Å². The average molecular weight is 308 g/mol. The van der Waals surface area contributed by atoms with E-state index in [4.69, 9.17) is 0 Å². The maximum atomic E-state index is 2.84. The molecular weight excluding hydrogens is 270 g/mol. The van der Waals surface area contributed by atoms with Gasteiger partial charge in [0.05, 0.1) is 0 Å². The Bertz CT molecular complexity index is 329. The van der Waals surface area contributed by atoms with Gasteiger partial charge in [0, 0.05) is 12.1 Å². The van der Waals surface area contributed by atoms with Crippen LogP contribution in [0.5, 0.6) is 0 Å². The van der Waals surface area contributed by atoms with Gasteiger partial charge >= 0.3 is 0 Å². The predicted octanol–water partition coefficient (Wildman–Crippen LogP) is 3.06. The van der Waals surface area contributed by atoms with E-state index < -0.39 is 0 Å². The van der Waals surface area contributed by atoms with Gasteiger partial charge in [-0.1, -0.05) is 6.92 Å². The highest BCUT2D eigenvalue weighted by molar-refractivity contribution is 4.93. The Morgan fingerprint density at radius 3 is 1.91 bits per heavy atom. The molecule has 1 spiro atoms. The van der Waals surface area contributed by atoms with E-state index in [1.54, 1.807) is 0 Å². The summed E-state index contributed by atoms with van der Waals surface area (Å²) in [7, 11) is 0. The zero-order chi connectivity index (χ0) is 15.6. The molecule has 3 heteroatoms. The van der Waals surface area contributed by atoms with Crippen LogP contribution in [0, 0.1) is 5.41 Å². The van der Waals surface area contributed by atoms with Gasteiger partial charge in [-0.2, -0.15) is 0 Å². The molecule has 3 rings (SSSR count). The van der Waals surface area contributed by atoms with Crippen LogP contribution >= 0.6 is 0 Å². The van der Waals surface area contributed by atoms with Crippen molar-refractivity contribution >= 4 is 0 Å². The lowest BCUT2D eigenvalue weighted by atomic mass is 9.71. The molecule has 3 saturated heterocycles. The highest BCUT2D eigenvalue weighted by atomic mass is 15.2. The van der Waals surface area contributed by atoms with Crippen molar-refractivity contribution in [2.24, 2.45) is 5.41 Å². The minimum atomic E-state index is 0.709. The molecule has 3 nitrogen and oxygen atoms in total. The third kappa shape index (κ3) is 3.68. The van der Waals surface area contributed by atoms with Crippen molar-refractivity contribution in [3.8, 4) is 0 Å². The van der Waals surface area contributed by atoms with Crippen LogP contribution in [0.25, 0.3) is 0 Å². The smallest absolute Gasteiger partial charge is 0.0120 e. The van der Waals surface area contributed by atoms with Gasteiger partial charge in [-0.05, 0) is 104 Å². The summed E-state index contributed by atoms with van der Waals surface area (Å²) in [6, 6.07) is 1.61. The zero-order valence-electron chi connectivity index (χ0n) is 15.2. The lowest BCUT2D eigenvalue weighted by molar-refractivity contribution is 0.00552. The van der Waals surface area contributed by atoms with Gasteiger partial charge in [-0.15, -0.1) is 0 Å². The van der Waals surface area contributed by atoms with Gasteiger partial charge in [-0.25, -0.2) is 0 Å². The van der Waals surface area contributed by atoms with Crippen molar-refractivity contribution < 1.29 is 0 Å². The lowest BCUT2D eigenvalue weighted by Gasteiger charge is -2.49. The van der Waals surface area contributed by atoms with E-state index in [2.05, 4.69) is 35.5 Å². The molecule has 0 amide bonds. The Morgan fingerprint density at radius 2 is 1.41 bits per heavy atom. The number of nitrogens with zero attached hydrogens (tertiary/aromatic N) is 3. The number of hydrogen-bond acceptors (Lipinski definition) is 3. The Hall–Kier alpha value is -0.120. The van der Waals surface area contributed by atoms with Gasteiger partial charge in [-0.3, -0.25) is 0 Å². The maximum Gasteiger partial charge on any atom is 0.0120 e. The SMILES string of the molecule is CCN1CCC2(CC1)CCN(C1CCN(C(C)C)CC1)CC2. The summed E-state index contributed by atoms with van der Waals surface area (Å²) >= 11 is 0. The second kappa shape index (κ2) is 7.19. The summed E-state index contributed by atoms with van der Waals surface area (Å²) in [5, 5.41) is 0. The van der Waals surface area contributed by atoms with Crippen molar-refractivity contribution in [1.29, 1.82) is 0 Å². The van der Waals surface area contributed by atoms with Crippen molar-refractivity contribution in [3.05, 3.63) is 0 Å². The molecule has 0 atom stereocenters. The second-order valence-electron chi connectivity index (χ2n) is 8.33. The van der Waals surface area contributed by atoms with Crippen molar-refractivity contribution in [2.45, 2.75) is 71.4 Å². The molecule has 0 saturated carbocycles. The molecule has 3 aliphatic heterocycles. The molecule has 0 aliphatic carbocycles. The van der Waals surface area contributed by atoms with Crippen molar-refractivity contribution in [2.75, 3.05) is 45.8 Å². The average Bonchev–Trinajstić information content (AvgIpc) is 2.56. The molecule has 3 aliphatic rings. The lowest BCUT2D eigenvalue weighted by Crippen LogP contribution is -2.52. The molecule has 3 fully saturated rings. The van der Waals surface area contributed by atoms with E-state index in [9.17, 15) is 0 Å². The van der Waals surface area contributed by atoms with Crippen LogP contribution in [0.1, 0.15) is 59.3 Å². The van der Waals surface area contributed by atoms with Gasteiger partial charge < -0.3 is 14.7 Å². The molecule has 22 heavy (non-hydrogen) atoms. The fraction of sp³-hybridized carbons (Fsp3) is 1.00. The Balaban J connectivity index is 1.44. The van der Waals surface area contributed by atoms with Crippen molar-refractivity contribution in [3.63, 3.8) is 0 Å². The minimum Gasteiger partial charge on any atom is -0.304 e. The van der Waals surface area contributed by atoms with E-state index in [0.717, 1.165) is 12.1 Å². The third-order valence-corrected chi connectivity index (χ3v) is 6.97. The number of hydrogen-bond donors (Lipinski definition) is 0. The fourth-order valence-corrected chi connectivity index (χ4v) is 4.97. The van der Waals surface area contributed by atoms with Gasteiger partial charge in [0.25, 0.3) is 0 Å². The zero-order valence-corrected chi connectivity index (χ0v) is 15.2. The molecule has 0 aromatic carbocycles. The quantitative estimate of drug-likeness (QED) is 0.793. The van der Waals surface area contributed by atoms with Crippen LogP contribution in [0.3, 0.4) is 0 Å². The van der Waals surface area contributed by atoms with E-state index in [-0.39, 0.29) is 0 Å². The molecular formula is C19H37N3. The second-order valence-corrected chi connectivity index (χ2v) is 8.33. The molecule has 0 N–H and O–H groups in total. The number of piperidine rings is 3. The first-order chi connectivity index (χ1) is 10.6. The van der Waals surface area contributed by atoms with Crippen LogP contribution in [-0.4, -0.2) is 72.6 Å². The predicted molar refractivity (Wildman–Crippen MR) is 94.3 cm³/mol. The summed E-state index contributed by atoms with van der Waals surface area (Å²) in [4.78, 5) is 8.14. The van der Waals surface area contributed by atoms with E-state index in [1.807, 2.05) is 0 Å². The molecule has 0 radical (unpaired) electrons. The van der Waals surface area contributed by atoms with Crippen LogP contribution < -0.4 is 0 Å². The van der Waals surface area contributed by atoms with Crippen LogP contribution in [0.15, 0.2) is 0 Å². The third-order valence-electron chi connectivity index (χ3n) is 6.97. The summed E-state index contributed by atoms with van der Waals surface area (Å²) in [6.07, 6.45) is 8.65. The van der Waals surface area contributed by atoms with Crippen molar-refractivity contribution in [1.82, 2.24) is 14.7 Å². The van der Waals surface area contributed by atoms with Gasteiger partial charge in [0.2, 0.25) is 0 Å². The monoisotopic (exact) mass is 307 g/mol. The number of rotatable bonds is 3. The molecule has 0 aromatic rings. The molecule has 128 valence electrons. The largest absolute Gasteiger partial charge is 0.304 e. The maximum absolute atomic E-state index is 2.84. The summed E-state index contributed by atoms with van der Waals surface area (Å²) in [5.41, 5.74) is 0.709. The molecule has 0 bridgehead atoms. The van der Waals surface area contributed by atoms with Crippen LogP contribution in [-0.2, 0) is 0 Å². The van der Waals surface area contributed by atoms with Crippen LogP contribution in [0.4, 0.5) is 0 Å². The summed E-state index contributed by atoms with van der Waals surface area (Å²) in [5.74, 6) is 0. The number of likely N-dealkylation sites (tertiary alicyclic amines) is 3. The Morgan fingerprint density at radius 1 is 0.864 bits per heavy atom.